The number of carbonyl (C=O) groups is 1. The maximum Gasteiger partial charge on any atom is 0.221 e. The summed E-state index contributed by atoms with van der Waals surface area (Å²) in [6.45, 7) is 4.68. The van der Waals surface area contributed by atoms with Gasteiger partial charge in [-0.25, -0.2) is 0 Å². The van der Waals surface area contributed by atoms with Crippen LogP contribution in [0.25, 0.3) is 0 Å². The number of fused-ring (bicyclic) bond motifs is 1. The summed E-state index contributed by atoms with van der Waals surface area (Å²) in [5.41, 5.74) is 2.63. The first-order valence-corrected chi connectivity index (χ1v) is 7.11. The lowest BCUT2D eigenvalue weighted by atomic mass is 9.93. The average Bonchev–Trinajstić information content (AvgIpc) is 2.71. The van der Waals surface area contributed by atoms with Gasteiger partial charge in [0.1, 0.15) is 0 Å². The maximum atomic E-state index is 11.6. The lowest BCUT2D eigenvalue weighted by Gasteiger charge is -2.23. The molecule has 1 heterocycles. The number of hydrogen-bond acceptors (Lipinski definition) is 3. The molecule has 1 unspecified atom stereocenters. The molecule has 0 fully saturated rings. The molecule has 0 aliphatic heterocycles. The van der Waals surface area contributed by atoms with Gasteiger partial charge in [-0.1, -0.05) is 0 Å². The predicted molar refractivity (Wildman–Crippen MR) is 74.8 cm³/mol. The Hall–Kier alpha value is -1.36. The quantitative estimate of drug-likeness (QED) is 0.843. The van der Waals surface area contributed by atoms with Crippen LogP contribution in [0.2, 0.25) is 0 Å². The molecule has 5 heteroatoms. The van der Waals surface area contributed by atoms with Crippen LogP contribution in [0, 0.1) is 0 Å². The van der Waals surface area contributed by atoms with Gasteiger partial charge in [-0.05, 0) is 33.1 Å². The van der Waals surface area contributed by atoms with Crippen molar-refractivity contribution >= 4 is 5.91 Å². The first-order valence-electron chi connectivity index (χ1n) is 7.11. The van der Waals surface area contributed by atoms with Crippen LogP contribution in [0.1, 0.15) is 50.4 Å². The number of nitrogens with zero attached hydrogens (tertiary/aromatic N) is 2. The van der Waals surface area contributed by atoms with E-state index in [0.717, 1.165) is 19.4 Å². The Morgan fingerprint density at radius 1 is 1.58 bits per heavy atom. The van der Waals surface area contributed by atoms with Gasteiger partial charge in [0.25, 0.3) is 0 Å². The molecule has 1 aromatic rings. The second-order valence-electron chi connectivity index (χ2n) is 5.54. The summed E-state index contributed by atoms with van der Waals surface area (Å²) in [4.78, 5) is 11.6. The van der Waals surface area contributed by atoms with Crippen molar-refractivity contribution < 1.29 is 4.79 Å². The fourth-order valence-electron chi connectivity index (χ4n) is 2.67. The van der Waals surface area contributed by atoms with Crippen molar-refractivity contribution in [3.05, 3.63) is 17.5 Å². The smallest absolute Gasteiger partial charge is 0.221 e. The van der Waals surface area contributed by atoms with Crippen LogP contribution < -0.4 is 10.6 Å². The number of nitrogens with one attached hydrogen (secondary N) is 2. The molecular weight excluding hydrogens is 240 g/mol. The molecule has 1 aliphatic carbocycles. The highest BCUT2D eigenvalue weighted by Crippen LogP contribution is 2.28. The van der Waals surface area contributed by atoms with Crippen molar-refractivity contribution in [3.63, 3.8) is 0 Å². The topological polar surface area (TPSA) is 59.0 Å². The molecule has 1 aromatic heterocycles. The first kappa shape index (κ1) is 14.1. The summed E-state index contributed by atoms with van der Waals surface area (Å²) in [5, 5.41) is 10.7. The Bertz CT molecular complexity index is 439. The molecule has 0 aromatic carbocycles. The summed E-state index contributed by atoms with van der Waals surface area (Å²) in [5.74, 6) is 0.115. The number of rotatable bonds is 5. The molecule has 0 bridgehead atoms. The van der Waals surface area contributed by atoms with Gasteiger partial charge in [-0.15, -0.1) is 0 Å². The second kappa shape index (κ2) is 6.19. The van der Waals surface area contributed by atoms with Gasteiger partial charge in [0, 0.05) is 43.4 Å². The van der Waals surface area contributed by atoms with Gasteiger partial charge in [0.15, 0.2) is 0 Å². The summed E-state index contributed by atoms with van der Waals surface area (Å²) in [7, 11) is 2.00. The van der Waals surface area contributed by atoms with Crippen molar-refractivity contribution in [2.45, 2.75) is 51.6 Å². The van der Waals surface area contributed by atoms with E-state index in [2.05, 4.69) is 15.7 Å². The van der Waals surface area contributed by atoms with E-state index < -0.39 is 0 Å². The molecule has 19 heavy (non-hydrogen) atoms. The molecule has 2 rings (SSSR count). The predicted octanol–water partition coefficient (Wildman–Crippen LogP) is 1.30. The van der Waals surface area contributed by atoms with Gasteiger partial charge < -0.3 is 10.6 Å². The maximum absolute atomic E-state index is 11.6. The third-order valence-electron chi connectivity index (χ3n) is 3.57. The minimum Gasteiger partial charge on any atom is -0.354 e. The van der Waals surface area contributed by atoms with E-state index in [1.807, 2.05) is 31.8 Å². The molecule has 0 saturated carbocycles. The van der Waals surface area contributed by atoms with E-state index in [1.54, 1.807) is 0 Å². The summed E-state index contributed by atoms with van der Waals surface area (Å²) in [6.07, 6.45) is 5.91. The Labute approximate surface area is 114 Å². The highest BCUT2D eigenvalue weighted by atomic mass is 16.1. The fourth-order valence-corrected chi connectivity index (χ4v) is 2.67. The zero-order chi connectivity index (χ0) is 13.8. The Morgan fingerprint density at radius 2 is 2.37 bits per heavy atom. The molecular formula is C14H24N4O. The van der Waals surface area contributed by atoms with Gasteiger partial charge in [0.05, 0.1) is 6.20 Å². The van der Waals surface area contributed by atoms with E-state index >= 15 is 0 Å². The number of aryl methyl sites for hydroxylation is 1. The number of amides is 1. The fraction of sp³-hybridized carbons (Fsp3) is 0.714. The zero-order valence-corrected chi connectivity index (χ0v) is 12.1. The number of aromatic nitrogens is 2. The molecule has 1 aliphatic rings. The van der Waals surface area contributed by atoms with E-state index in [9.17, 15) is 4.79 Å². The normalized spacial score (nSPS) is 18.4. The van der Waals surface area contributed by atoms with Crippen LogP contribution in [0.3, 0.4) is 0 Å². The molecule has 0 spiro atoms. The Balaban J connectivity index is 1.83. The molecule has 5 nitrogen and oxygen atoms in total. The first-order chi connectivity index (χ1) is 9.08. The van der Waals surface area contributed by atoms with Crippen molar-refractivity contribution in [3.8, 4) is 0 Å². The lowest BCUT2D eigenvalue weighted by Crippen LogP contribution is -2.34. The molecule has 2 N–H and O–H groups in total. The highest BCUT2D eigenvalue weighted by Gasteiger charge is 2.22. The third kappa shape index (κ3) is 3.56. The number of hydrogen-bond donors (Lipinski definition) is 2. The van der Waals surface area contributed by atoms with Crippen molar-refractivity contribution in [1.29, 1.82) is 0 Å². The summed E-state index contributed by atoms with van der Waals surface area (Å²) in [6, 6.07) is 0.566. The van der Waals surface area contributed by atoms with Crippen LogP contribution in [0.15, 0.2) is 6.20 Å². The molecule has 0 saturated heterocycles. The van der Waals surface area contributed by atoms with Gasteiger partial charge in [0.2, 0.25) is 5.91 Å². The monoisotopic (exact) mass is 264 g/mol. The third-order valence-corrected chi connectivity index (χ3v) is 3.57. The van der Waals surface area contributed by atoms with Crippen molar-refractivity contribution in [2.24, 2.45) is 7.05 Å². The number of carbonyl (C=O) groups excluding carboxylic acids is 1. The summed E-state index contributed by atoms with van der Waals surface area (Å²) >= 11 is 0. The van der Waals surface area contributed by atoms with Gasteiger partial charge in [-0.3, -0.25) is 9.48 Å². The van der Waals surface area contributed by atoms with Crippen LogP contribution in [0.5, 0.6) is 0 Å². The Morgan fingerprint density at radius 3 is 3.11 bits per heavy atom. The van der Waals surface area contributed by atoms with Crippen LogP contribution in [-0.4, -0.2) is 28.3 Å². The van der Waals surface area contributed by atoms with E-state index in [4.69, 9.17) is 0 Å². The van der Waals surface area contributed by atoms with E-state index in [0.29, 0.717) is 12.5 Å². The molecule has 0 radical (unpaired) electrons. The standard InChI is InChI=1S/C14H24N4O/c1-10(2)17-14(19)7-8-15-12-5-4-6-13-11(12)9-16-18(13)3/h9-10,12,15H,4-8H2,1-3H3,(H,17,19). The van der Waals surface area contributed by atoms with E-state index in [-0.39, 0.29) is 11.9 Å². The minimum atomic E-state index is 0.115. The highest BCUT2D eigenvalue weighted by molar-refractivity contribution is 5.76. The Kier molecular flexibility index (Phi) is 4.58. The SMILES string of the molecule is CC(C)NC(=O)CCNC1CCCc2c1cnn2C. The van der Waals surface area contributed by atoms with Crippen molar-refractivity contribution in [2.75, 3.05) is 6.54 Å². The lowest BCUT2D eigenvalue weighted by molar-refractivity contribution is -0.121. The largest absolute Gasteiger partial charge is 0.354 e. The van der Waals surface area contributed by atoms with Crippen LogP contribution in [0.4, 0.5) is 0 Å². The minimum absolute atomic E-state index is 0.115. The average molecular weight is 264 g/mol. The molecule has 106 valence electrons. The van der Waals surface area contributed by atoms with E-state index in [1.165, 1.54) is 17.7 Å². The second-order valence-corrected chi connectivity index (χ2v) is 5.54. The van der Waals surface area contributed by atoms with Crippen LogP contribution in [-0.2, 0) is 18.3 Å². The van der Waals surface area contributed by atoms with Crippen molar-refractivity contribution in [1.82, 2.24) is 20.4 Å². The van der Waals surface area contributed by atoms with Gasteiger partial charge >= 0.3 is 0 Å². The zero-order valence-electron chi connectivity index (χ0n) is 12.1. The molecule has 1 amide bonds. The summed E-state index contributed by atoms with van der Waals surface area (Å²) < 4.78 is 1.97. The van der Waals surface area contributed by atoms with Crippen LogP contribution >= 0.6 is 0 Å². The molecule has 1 atom stereocenters. The van der Waals surface area contributed by atoms with Gasteiger partial charge in [-0.2, -0.15) is 5.10 Å².